The lowest BCUT2D eigenvalue weighted by atomic mass is 10.00. The molecule has 1 amide bonds. The van der Waals surface area contributed by atoms with E-state index in [0.29, 0.717) is 6.42 Å². The van der Waals surface area contributed by atoms with Gasteiger partial charge in [0.2, 0.25) is 5.91 Å². The van der Waals surface area contributed by atoms with Crippen LogP contribution in [0.15, 0.2) is 24.3 Å². The summed E-state index contributed by atoms with van der Waals surface area (Å²) in [5, 5.41) is 0. The number of carbonyl (C=O) groups is 1. The summed E-state index contributed by atoms with van der Waals surface area (Å²) in [6, 6.07) is 8.49. The van der Waals surface area contributed by atoms with Crippen LogP contribution in [0.25, 0.3) is 0 Å². The minimum Gasteiger partial charge on any atom is -0.370 e. The van der Waals surface area contributed by atoms with Gasteiger partial charge < -0.3 is 5.73 Å². The third-order valence-corrected chi connectivity index (χ3v) is 2.88. The first-order valence-corrected chi connectivity index (χ1v) is 5.33. The highest BCUT2D eigenvalue weighted by atomic mass is 16.1. The number of hydrogen-bond acceptors (Lipinski definition) is 2. The zero-order valence-corrected chi connectivity index (χ0v) is 8.78. The van der Waals surface area contributed by atoms with Crippen LogP contribution in [-0.2, 0) is 17.8 Å². The minimum absolute atomic E-state index is 0.214. The third-order valence-electron chi connectivity index (χ3n) is 2.88. The highest BCUT2D eigenvalue weighted by molar-refractivity contribution is 5.73. The van der Waals surface area contributed by atoms with Gasteiger partial charge in [0.1, 0.15) is 0 Å². The fraction of sp³-hybridized carbons (Fsp3) is 0.417. The van der Waals surface area contributed by atoms with Crippen molar-refractivity contribution in [3.05, 3.63) is 35.4 Å². The van der Waals surface area contributed by atoms with Crippen molar-refractivity contribution < 1.29 is 4.79 Å². The molecule has 80 valence electrons. The Bertz CT molecular complexity index is 362. The number of benzene rings is 1. The largest absolute Gasteiger partial charge is 0.370 e. The van der Waals surface area contributed by atoms with E-state index in [1.54, 1.807) is 0 Å². The Labute approximate surface area is 89.9 Å². The maximum atomic E-state index is 10.7. The summed E-state index contributed by atoms with van der Waals surface area (Å²) < 4.78 is 0. The van der Waals surface area contributed by atoms with Crippen molar-refractivity contribution in [3.63, 3.8) is 0 Å². The smallest absolute Gasteiger partial charge is 0.218 e. The second kappa shape index (κ2) is 4.45. The molecule has 0 atom stereocenters. The maximum Gasteiger partial charge on any atom is 0.218 e. The molecule has 1 aromatic carbocycles. The van der Waals surface area contributed by atoms with Gasteiger partial charge >= 0.3 is 0 Å². The predicted octanol–water partition coefficient (Wildman–Crippen LogP) is 0.920. The van der Waals surface area contributed by atoms with Crippen molar-refractivity contribution in [3.8, 4) is 0 Å². The Morgan fingerprint density at radius 1 is 1.33 bits per heavy atom. The molecule has 0 aromatic heterocycles. The van der Waals surface area contributed by atoms with Crippen molar-refractivity contribution in [2.24, 2.45) is 5.73 Å². The Kier molecular flexibility index (Phi) is 3.02. The zero-order chi connectivity index (χ0) is 10.7. The Hall–Kier alpha value is -1.35. The summed E-state index contributed by atoms with van der Waals surface area (Å²) in [6.45, 7) is 2.76. The zero-order valence-electron chi connectivity index (χ0n) is 8.78. The number of amides is 1. The fourth-order valence-corrected chi connectivity index (χ4v) is 2.01. The molecule has 1 heterocycles. The van der Waals surface area contributed by atoms with E-state index in [4.69, 9.17) is 5.73 Å². The van der Waals surface area contributed by atoms with Gasteiger partial charge in [0, 0.05) is 26.1 Å². The van der Waals surface area contributed by atoms with Crippen LogP contribution in [0, 0.1) is 0 Å². The molecular weight excluding hydrogens is 188 g/mol. The van der Waals surface area contributed by atoms with Crippen molar-refractivity contribution in [1.29, 1.82) is 0 Å². The van der Waals surface area contributed by atoms with E-state index in [1.807, 2.05) is 0 Å². The van der Waals surface area contributed by atoms with E-state index in [1.165, 1.54) is 11.1 Å². The average molecular weight is 204 g/mol. The van der Waals surface area contributed by atoms with E-state index in [0.717, 1.165) is 26.1 Å². The van der Waals surface area contributed by atoms with E-state index in [2.05, 4.69) is 29.2 Å². The van der Waals surface area contributed by atoms with Gasteiger partial charge in [0.15, 0.2) is 0 Å². The molecule has 0 radical (unpaired) electrons. The molecule has 1 aliphatic heterocycles. The van der Waals surface area contributed by atoms with Crippen molar-refractivity contribution in [2.75, 3.05) is 13.1 Å². The lowest BCUT2D eigenvalue weighted by molar-refractivity contribution is -0.118. The first-order valence-electron chi connectivity index (χ1n) is 5.33. The first kappa shape index (κ1) is 10.2. The predicted molar refractivity (Wildman–Crippen MR) is 59.2 cm³/mol. The molecular formula is C12H16N2O. The molecule has 2 rings (SSSR count). The minimum atomic E-state index is -0.214. The van der Waals surface area contributed by atoms with Gasteiger partial charge in [-0.3, -0.25) is 9.69 Å². The first-order chi connectivity index (χ1) is 7.25. The topological polar surface area (TPSA) is 46.3 Å². The average Bonchev–Trinajstić information content (AvgIpc) is 2.26. The molecule has 2 N–H and O–H groups in total. The molecule has 3 heteroatoms. The van der Waals surface area contributed by atoms with Gasteiger partial charge in [0.25, 0.3) is 0 Å². The standard InChI is InChI=1S/C12H16N2O/c13-12(15)6-8-14-7-5-10-3-1-2-4-11(10)9-14/h1-4H,5-9H2,(H2,13,15). The quantitative estimate of drug-likeness (QED) is 0.795. The third kappa shape index (κ3) is 2.57. The number of rotatable bonds is 3. The van der Waals surface area contributed by atoms with Crippen molar-refractivity contribution >= 4 is 5.91 Å². The van der Waals surface area contributed by atoms with Crippen LogP contribution in [0.3, 0.4) is 0 Å². The molecule has 0 saturated carbocycles. The summed E-state index contributed by atoms with van der Waals surface area (Å²) in [5.74, 6) is -0.214. The van der Waals surface area contributed by atoms with Crippen LogP contribution in [0.1, 0.15) is 17.5 Å². The van der Waals surface area contributed by atoms with Gasteiger partial charge in [-0.2, -0.15) is 0 Å². The number of hydrogen-bond donors (Lipinski definition) is 1. The van der Waals surface area contributed by atoms with E-state index in [-0.39, 0.29) is 5.91 Å². The Morgan fingerprint density at radius 3 is 2.80 bits per heavy atom. The SMILES string of the molecule is NC(=O)CCN1CCc2ccccc2C1. The number of carbonyl (C=O) groups excluding carboxylic acids is 1. The molecule has 0 aliphatic carbocycles. The van der Waals surface area contributed by atoms with Crippen molar-refractivity contribution in [1.82, 2.24) is 4.90 Å². The Morgan fingerprint density at radius 2 is 2.07 bits per heavy atom. The van der Waals surface area contributed by atoms with Crippen LogP contribution in [0.2, 0.25) is 0 Å². The molecule has 0 fully saturated rings. The van der Waals surface area contributed by atoms with Crippen LogP contribution in [-0.4, -0.2) is 23.9 Å². The number of fused-ring (bicyclic) bond motifs is 1. The molecule has 15 heavy (non-hydrogen) atoms. The van der Waals surface area contributed by atoms with E-state index < -0.39 is 0 Å². The molecule has 1 aliphatic rings. The summed E-state index contributed by atoms with van der Waals surface area (Å²) in [7, 11) is 0. The van der Waals surface area contributed by atoms with Crippen LogP contribution in [0.5, 0.6) is 0 Å². The highest BCUT2D eigenvalue weighted by Crippen LogP contribution is 2.18. The Balaban J connectivity index is 1.96. The van der Waals surface area contributed by atoms with E-state index in [9.17, 15) is 4.79 Å². The van der Waals surface area contributed by atoms with Gasteiger partial charge in [-0.25, -0.2) is 0 Å². The van der Waals surface area contributed by atoms with Gasteiger partial charge in [-0.05, 0) is 17.5 Å². The van der Waals surface area contributed by atoms with Crippen molar-refractivity contribution in [2.45, 2.75) is 19.4 Å². The van der Waals surface area contributed by atoms with Crippen LogP contribution in [0.4, 0.5) is 0 Å². The summed E-state index contributed by atoms with van der Waals surface area (Å²) in [4.78, 5) is 13.0. The molecule has 0 bridgehead atoms. The normalized spacial score (nSPS) is 16.0. The maximum absolute atomic E-state index is 10.7. The van der Waals surface area contributed by atoms with Gasteiger partial charge in [0.05, 0.1) is 0 Å². The highest BCUT2D eigenvalue weighted by Gasteiger charge is 2.15. The summed E-state index contributed by atoms with van der Waals surface area (Å²) in [5.41, 5.74) is 7.96. The summed E-state index contributed by atoms with van der Waals surface area (Å²) >= 11 is 0. The molecule has 1 aromatic rings. The van der Waals surface area contributed by atoms with Crippen LogP contribution < -0.4 is 5.73 Å². The van der Waals surface area contributed by atoms with Gasteiger partial charge in [-0.1, -0.05) is 24.3 Å². The summed E-state index contributed by atoms with van der Waals surface area (Å²) in [6.07, 6.45) is 1.54. The molecule has 3 nitrogen and oxygen atoms in total. The monoisotopic (exact) mass is 204 g/mol. The lowest BCUT2D eigenvalue weighted by Gasteiger charge is -2.28. The van der Waals surface area contributed by atoms with Gasteiger partial charge in [-0.15, -0.1) is 0 Å². The number of nitrogens with two attached hydrogens (primary N) is 1. The molecule has 0 spiro atoms. The fourth-order valence-electron chi connectivity index (χ4n) is 2.01. The lowest BCUT2D eigenvalue weighted by Crippen LogP contribution is -2.33. The number of nitrogens with zero attached hydrogens (tertiary/aromatic N) is 1. The number of primary amides is 1. The second-order valence-electron chi connectivity index (χ2n) is 4.01. The molecule has 0 unspecified atom stereocenters. The molecule has 0 saturated heterocycles. The van der Waals surface area contributed by atoms with E-state index >= 15 is 0 Å². The second-order valence-corrected chi connectivity index (χ2v) is 4.01. The van der Waals surface area contributed by atoms with Crippen LogP contribution >= 0.6 is 0 Å².